The highest BCUT2D eigenvalue weighted by Gasteiger charge is 2.25. The molecule has 0 radical (unpaired) electrons. The second-order valence-corrected chi connectivity index (χ2v) is 7.47. The average Bonchev–Trinajstić information content (AvgIpc) is 2.60. The number of aliphatic hydroxyl groups is 1. The first-order valence-electron chi connectivity index (χ1n) is 9.03. The van der Waals surface area contributed by atoms with Gasteiger partial charge in [0.05, 0.1) is 0 Å². The van der Waals surface area contributed by atoms with Crippen LogP contribution in [0.1, 0.15) is 32.3 Å². The van der Waals surface area contributed by atoms with Crippen LogP contribution >= 0.6 is 0 Å². The Morgan fingerprint density at radius 1 is 1.24 bits per heavy atom. The van der Waals surface area contributed by atoms with E-state index in [2.05, 4.69) is 22.3 Å². The topological polar surface area (TPSA) is 71.0 Å². The highest BCUT2D eigenvalue weighted by molar-refractivity contribution is 5.83. The van der Waals surface area contributed by atoms with Crippen LogP contribution in [0.25, 0.3) is 0 Å². The van der Waals surface area contributed by atoms with Crippen LogP contribution in [0, 0.1) is 5.92 Å². The molecule has 6 heteroatoms. The summed E-state index contributed by atoms with van der Waals surface area (Å²) in [6, 6.07) is 6.16. The third-order valence-electron chi connectivity index (χ3n) is 4.83. The number of carbonyl (C=O) groups excluding carboxylic acids is 1. The Balaban J connectivity index is 1.44. The molecule has 1 saturated heterocycles. The van der Waals surface area contributed by atoms with Gasteiger partial charge < -0.3 is 19.9 Å². The summed E-state index contributed by atoms with van der Waals surface area (Å²) < 4.78 is 11.2. The largest absolute Gasteiger partial charge is 0.486 e. The van der Waals surface area contributed by atoms with Gasteiger partial charge in [0.25, 0.3) is 5.91 Å². The van der Waals surface area contributed by atoms with Crippen LogP contribution < -0.4 is 14.8 Å². The fourth-order valence-corrected chi connectivity index (χ4v) is 3.25. The van der Waals surface area contributed by atoms with Gasteiger partial charge in [0.2, 0.25) is 0 Å². The summed E-state index contributed by atoms with van der Waals surface area (Å²) in [4.78, 5) is 14.2. The maximum atomic E-state index is 11.7. The van der Waals surface area contributed by atoms with Crippen LogP contribution in [0.2, 0.25) is 0 Å². The molecule has 1 aromatic carbocycles. The van der Waals surface area contributed by atoms with E-state index in [-0.39, 0.29) is 5.91 Å². The van der Waals surface area contributed by atoms with Crippen LogP contribution in [0.3, 0.4) is 0 Å². The number of fused-ring (bicyclic) bond motifs is 1. The van der Waals surface area contributed by atoms with Crippen LogP contribution in [-0.4, -0.2) is 54.4 Å². The molecule has 0 unspecified atom stereocenters. The van der Waals surface area contributed by atoms with Crippen molar-refractivity contribution in [2.24, 2.45) is 5.92 Å². The van der Waals surface area contributed by atoms with E-state index in [0.717, 1.165) is 44.0 Å². The quantitative estimate of drug-likeness (QED) is 0.845. The average molecular weight is 348 g/mol. The molecule has 0 aromatic heterocycles. The van der Waals surface area contributed by atoms with Gasteiger partial charge in [-0.2, -0.15) is 0 Å². The number of benzene rings is 1. The van der Waals surface area contributed by atoms with E-state index in [0.29, 0.717) is 25.7 Å². The summed E-state index contributed by atoms with van der Waals surface area (Å²) in [6.07, 6.45) is 2.10. The number of nitrogens with zero attached hydrogens (tertiary/aromatic N) is 1. The molecule has 2 heterocycles. The minimum Gasteiger partial charge on any atom is -0.486 e. The molecule has 1 amide bonds. The molecule has 2 aliphatic heterocycles. The smallest absolute Gasteiger partial charge is 0.251 e. The second kappa shape index (κ2) is 7.62. The van der Waals surface area contributed by atoms with Crippen LogP contribution in [0.4, 0.5) is 0 Å². The minimum absolute atomic E-state index is 0.300. The molecular weight excluding hydrogens is 320 g/mol. The monoisotopic (exact) mass is 348 g/mol. The molecule has 0 atom stereocenters. The Morgan fingerprint density at radius 3 is 2.60 bits per heavy atom. The number of hydrogen-bond acceptors (Lipinski definition) is 5. The van der Waals surface area contributed by atoms with Gasteiger partial charge in [-0.1, -0.05) is 6.07 Å². The predicted octanol–water partition coefficient (Wildman–Crippen LogP) is 1.56. The summed E-state index contributed by atoms with van der Waals surface area (Å²) >= 11 is 0. The number of amides is 1. The summed E-state index contributed by atoms with van der Waals surface area (Å²) in [5.74, 6) is 1.85. The van der Waals surface area contributed by atoms with E-state index in [1.165, 1.54) is 19.4 Å². The Hall–Kier alpha value is -1.79. The molecule has 1 fully saturated rings. The normalized spacial score (nSPS) is 18.8. The number of carbonyl (C=O) groups is 1. The van der Waals surface area contributed by atoms with Gasteiger partial charge in [-0.3, -0.25) is 9.69 Å². The van der Waals surface area contributed by atoms with E-state index in [1.54, 1.807) is 0 Å². The summed E-state index contributed by atoms with van der Waals surface area (Å²) in [5.41, 5.74) is -0.0723. The predicted molar refractivity (Wildman–Crippen MR) is 94.7 cm³/mol. The lowest BCUT2D eigenvalue weighted by molar-refractivity contribution is -0.136. The van der Waals surface area contributed by atoms with Gasteiger partial charge in [0, 0.05) is 13.1 Å². The molecule has 2 aliphatic rings. The number of rotatable bonds is 5. The maximum Gasteiger partial charge on any atom is 0.251 e. The van der Waals surface area contributed by atoms with E-state index in [1.807, 2.05) is 6.07 Å². The van der Waals surface area contributed by atoms with Crippen LogP contribution in [0.15, 0.2) is 18.2 Å². The van der Waals surface area contributed by atoms with Crippen molar-refractivity contribution in [3.8, 4) is 11.5 Å². The Labute approximate surface area is 149 Å². The van der Waals surface area contributed by atoms with E-state index >= 15 is 0 Å². The zero-order valence-corrected chi connectivity index (χ0v) is 15.1. The molecule has 2 N–H and O–H groups in total. The SMILES string of the molecule is CC(C)(O)C(=O)NCC1CCN(Cc2ccc3c(c2)OCCO3)CC1. The van der Waals surface area contributed by atoms with Gasteiger partial charge in [-0.25, -0.2) is 0 Å². The molecule has 0 spiro atoms. The molecule has 138 valence electrons. The van der Waals surface area contributed by atoms with Crippen LogP contribution in [0.5, 0.6) is 11.5 Å². The fourth-order valence-electron chi connectivity index (χ4n) is 3.25. The lowest BCUT2D eigenvalue weighted by Gasteiger charge is -2.32. The first-order chi connectivity index (χ1) is 11.9. The summed E-state index contributed by atoms with van der Waals surface area (Å²) in [5, 5.41) is 12.5. The molecular formula is C19H28N2O4. The van der Waals surface area contributed by atoms with Gasteiger partial charge >= 0.3 is 0 Å². The molecule has 1 aromatic rings. The third-order valence-corrected chi connectivity index (χ3v) is 4.83. The van der Waals surface area contributed by atoms with Crippen molar-refractivity contribution < 1.29 is 19.4 Å². The first-order valence-corrected chi connectivity index (χ1v) is 9.03. The standard InChI is InChI=1S/C19H28N2O4/c1-19(2,23)18(22)20-12-14-5-7-21(8-6-14)13-15-3-4-16-17(11-15)25-10-9-24-16/h3-4,11,14,23H,5-10,12-13H2,1-2H3,(H,20,22). The highest BCUT2D eigenvalue weighted by atomic mass is 16.6. The van der Waals surface area contributed by atoms with Crippen LogP contribution in [-0.2, 0) is 11.3 Å². The molecule has 0 aliphatic carbocycles. The third kappa shape index (κ3) is 4.86. The van der Waals surface area contributed by atoms with Crippen molar-refractivity contribution in [3.63, 3.8) is 0 Å². The Kier molecular flexibility index (Phi) is 5.49. The molecule has 25 heavy (non-hydrogen) atoms. The van der Waals surface area contributed by atoms with Crippen molar-refractivity contribution >= 4 is 5.91 Å². The lowest BCUT2D eigenvalue weighted by Crippen LogP contribution is -2.45. The lowest BCUT2D eigenvalue weighted by atomic mass is 9.96. The van der Waals surface area contributed by atoms with Gasteiger partial charge in [-0.05, 0) is 63.4 Å². The molecule has 0 saturated carbocycles. The van der Waals surface area contributed by atoms with Gasteiger partial charge in [0.15, 0.2) is 11.5 Å². The zero-order valence-electron chi connectivity index (χ0n) is 15.1. The number of piperidine rings is 1. The minimum atomic E-state index is -1.31. The van der Waals surface area contributed by atoms with Crippen molar-refractivity contribution in [2.45, 2.75) is 38.8 Å². The number of nitrogens with one attached hydrogen (secondary N) is 1. The Morgan fingerprint density at radius 2 is 1.92 bits per heavy atom. The van der Waals surface area contributed by atoms with Crippen molar-refractivity contribution in [1.29, 1.82) is 0 Å². The molecule has 0 bridgehead atoms. The van der Waals surface area contributed by atoms with Gasteiger partial charge in [-0.15, -0.1) is 0 Å². The second-order valence-electron chi connectivity index (χ2n) is 7.47. The fraction of sp³-hybridized carbons (Fsp3) is 0.632. The summed E-state index contributed by atoms with van der Waals surface area (Å²) in [6.45, 7) is 7.81. The van der Waals surface area contributed by atoms with Crippen molar-refractivity contribution in [1.82, 2.24) is 10.2 Å². The van der Waals surface area contributed by atoms with E-state index in [4.69, 9.17) is 9.47 Å². The van der Waals surface area contributed by atoms with Gasteiger partial charge in [0.1, 0.15) is 18.8 Å². The van der Waals surface area contributed by atoms with Crippen molar-refractivity contribution in [3.05, 3.63) is 23.8 Å². The maximum absolute atomic E-state index is 11.7. The number of hydrogen-bond donors (Lipinski definition) is 2. The molecule has 3 rings (SSSR count). The summed E-state index contributed by atoms with van der Waals surface area (Å²) in [7, 11) is 0. The molecule has 6 nitrogen and oxygen atoms in total. The highest BCUT2D eigenvalue weighted by Crippen LogP contribution is 2.31. The zero-order chi connectivity index (χ0) is 17.9. The van der Waals surface area contributed by atoms with Crippen molar-refractivity contribution in [2.75, 3.05) is 32.8 Å². The first kappa shape index (κ1) is 18.0. The Bertz CT molecular complexity index is 604. The number of ether oxygens (including phenoxy) is 2. The van der Waals surface area contributed by atoms with E-state index in [9.17, 15) is 9.90 Å². The number of likely N-dealkylation sites (tertiary alicyclic amines) is 1. The van der Waals surface area contributed by atoms with E-state index < -0.39 is 5.60 Å².